The van der Waals surface area contributed by atoms with Gasteiger partial charge in [0.25, 0.3) is 0 Å². The molecular weight excluding hydrogens is 391 g/mol. The van der Waals surface area contributed by atoms with E-state index < -0.39 is 0 Å². The number of halogens is 3. The Bertz CT molecular complexity index is 394. The Morgan fingerprint density at radius 2 is 1.89 bits per heavy atom. The number of hydrogen-bond donors (Lipinski definition) is 1. The van der Waals surface area contributed by atoms with Crippen molar-refractivity contribution in [3.63, 3.8) is 0 Å². The molecule has 1 N–H and O–H groups in total. The maximum absolute atomic E-state index is 10.2. The van der Waals surface area contributed by atoms with E-state index in [9.17, 15) is 5.11 Å². The highest BCUT2D eigenvalue weighted by Gasteiger charge is 2.59. The largest absolute Gasteiger partial charge is 0.392 e. The van der Waals surface area contributed by atoms with Gasteiger partial charge in [-0.2, -0.15) is 0 Å². The van der Waals surface area contributed by atoms with E-state index in [2.05, 4.69) is 59.2 Å². The van der Waals surface area contributed by atoms with Gasteiger partial charge >= 0.3 is 0 Å². The average molecular weight is 415 g/mol. The van der Waals surface area contributed by atoms with Gasteiger partial charge in [0.05, 0.1) is 6.10 Å². The van der Waals surface area contributed by atoms with Gasteiger partial charge in [-0.25, -0.2) is 0 Å². The molecule has 2 aliphatic rings. The van der Waals surface area contributed by atoms with Crippen LogP contribution in [0.4, 0.5) is 0 Å². The summed E-state index contributed by atoms with van der Waals surface area (Å²) in [6.07, 6.45) is 3.39. The summed E-state index contributed by atoms with van der Waals surface area (Å²) in [7, 11) is 0. The van der Waals surface area contributed by atoms with Crippen LogP contribution in [0.25, 0.3) is 0 Å². The zero-order valence-electron chi connectivity index (χ0n) is 11.8. The highest BCUT2D eigenvalue weighted by atomic mass is 79.9. The lowest BCUT2D eigenvalue weighted by molar-refractivity contribution is -0.0175. The Kier molecular flexibility index (Phi) is 4.29. The minimum atomic E-state index is -0.348. The molecule has 0 aliphatic heterocycles. The van der Waals surface area contributed by atoms with Crippen LogP contribution in [-0.4, -0.2) is 25.7 Å². The standard InChI is InChI=1S/C15H23Br2ClO/c1-9-7-10(19)12(16)13(2,3)15(9)6-5-14(4,17)11(18)8-15/h10-12,19H,1,5-8H2,2-4H3/t10-,11+,12-,14+,15+/m0/s1. The minimum Gasteiger partial charge on any atom is -0.392 e. The third kappa shape index (κ3) is 2.37. The number of aliphatic hydroxyl groups excluding tert-OH is 1. The predicted molar refractivity (Wildman–Crippen MR) is 89.5 cm³/mol. The van der Waals surface area contributed by atoms with Crippen molar-refractivity contribution in [2.45, 2.75) is 67.1 Å². The third-order valence-corrected chi connectivity index (χ3v) is 9.22. The van der Waals surface area contributed by atoms with Crippen molar-refractivity contribution < 1.29 is 5.11 Å². The van der Waals surface area contributed by atoms with E-state index in [0.29, 0.717) is 6.42 Å². The molecule has 2 aliphatic carbocycles. The molecule has 0 amide bonds. The van der Waals surface area contributed by atoms with E-state index in [1.807, 2.05) is 0 Å². The summed E-state index contributed by atoms with van der Waals surface area (Å²) in [6.45, 7) is 10.9. The second kappa shape index (κ2) is 5.00. The Balaban J connectivity index is 2.39. The zero-order chi connectivity index (χ0) is 14.6. The average Bonchev–Trinajstić information content (AvgIpc) is 2.29. The second-order valence-corrected chi connectivity index (χ2v) is 10.4. The normalized spacial score (nSPS) is 50.5. The predicted octanol–water partition coefficient (Wildman–Crippen LogP) is 5.03. The van der Waals surface area contributed by atoms with Crippen molar-refractivity contribution in [1.82, 2.24) is 0 Å². The van der Waals surface area contributed by atoms with Crippen molar-refractivity contribution in [1.29, 1.82) is 0 Å². The van der Waals surface area contributed by atoms with Gasteiger partial charge in [0.15, 0.2) is 0 Å². The Labute approximate surface area is 138 Å². The Morgan fingerprint density at radius 3 is 2.42 bits per heavy atom. The van der Waals surface area contributed by atoms with Gasteiger partial charge < -0.3 is 5.11 Å². The van der Waals surface area contributed by atoms with E-state index in [0.717, 1.165) is 19.3 Å². The molecule has 5 atom stereocenters. The molecule has 4 heteroatoms. The molecule has 2 saturated carbocycles. The van der Waals surface area contributed by atoms with Gasteiger partial charge in [-0.3, -0.25) is 0 Å². The van der Waals surface area contributed by atoms with Gasteiger partial charge in [0, 0.05) is 14.5 Å². The van der Waals surface area contributed by atoms with Crippen LogP contribution in [-0.2, 0) is 0 Å². The van der Waals surface area contributed by atoms with Crippen LogP contribution in [0.5, 0.6) is 0 Å². The molecule has 2 fully saturated rings. The molecule has 0 aromatic carbocycles. The summed E-state index contributed by atoms with van der Waals surface area (Å²) >= 11 is 14.1. The third-order valence-electron chi connectivity index (χ3n) is 5.61. The van der Waals surface area contributed by atoms with E-state index in [1.54, 1.807) is 0 Å². The summed E-state index contributed by atoms with van der Waals surface area (Å²) in [5.74, 6) is 0. The van der Waals surface area contributed by atoms with Gasteiger partial charge in [-0.05, 0) is 43.4 Å². The smallest absolute Gasteiger partial charge is 0.0707 e. The van der Waals surface area contributed by atoms with Crippen molar-refractivity contribution >= 4 is 43.5 Å². The monoisotopic (exact) mass is 412 g/mol. The van der Waals surface area contributed by atoms with Crippen molar-refractivity contribution in [2.24, 2.45) is 10.8 Å². The van der Waals surface area contributed by atoms with E-state index in [4.69, 9.17) is 11.6 Å². The first kappa shape index (κ1) is 16.3. The lowest BCUT2D eigenvalue weighted by Crippen LogP contribution is -2.58. The first-order valence-electron chi connectivity index (χ1n) is 6.88. The van der Waals surface area contributed by atoms with E-state index in [-0.39, 0.29) is 31.5 Å². The summed E-state index contributed by atoms with van der Waals surface area (Å²) < 4.78 is 0.00797. The number of rotatable bonds is 0. The number of hydrogen-bond acceptors (Lipinski definition) is 1. The lowest BCUT2D eigenvalue weighted by Gasteiger charge is -2.60. The lowest BCUT2D eigenvalue weighted by atomic mass is 9.49. The SMILES string of the molecule is C=C1C[C@H](O)[C@H](Br)C(C)(C)[C@@]12CC[C@@](C)(Br)[C@H](Cl)C2. The first-order chi connectivity index (χ1) is 8.54. The number of alkyl halides is 3. The summed E-state index contributed by atoms with van der Waals surface area (Å²) in [4.78, 5) is 0.0917. The van der Waals surface area contributed by atoms with Crippen LogP contribution in [0.2, 0.25) is 0 Å². The molecule has 2 rings (SSSR count). The van der Waals surface area contributed by atoms with Gasteiger partial charge in [0.1, 0.15) is 0 Å². The molecule has 0 radical (unpaired) electrons. The fourth-order valence-corrected chi connectivity index (χ4v) is 5.25. The van der Waals surface area contributed by atoms with Crippen molar-refractivity contribution in [3.05, 3.63) is 12.2 Å². The molecule has 110 valence electrons. The second-order valence-electron chi connectivity index (χ2n) is 7.03. The van der Waals surface area contributed by atoms with Crippen LogP contribution in [0.3, 0.4) is 0 Å². The number of aliphatic hydroxyl groups is 1. The molecule has 0 saturated heterocycles. The van der Waals surface area contributed by atoms with Crippen LogP contribution in [0.1, 0.15) is 46.5 Å². The van der Waals surface area contributed by atoms with Gasteiger partial charge in [0.2, 0.25) is 0 Å². The Hall–Kier alpha value is 0.950. The maximum atomic E-state index is 10.2. The molecule has 0 unspecified atom stereocenters. The van der Waals surface area contributed by atoms with Gasteiger partial charge in [-0.15, -0.1) is 11.6 Å². The van der Waals surface area contributed by atoms with Crippen LogP contribution in [0, 0.1) is 10.8 Å². The van der Waals surface area contributed by atoms with E-state index in [1.165, 1.54) is 5.57 Å². The molecule has 1 spiro atoms. The molecule has 0 aromatic rings. The first-order valence-corrected chi connectivity index (χ1v) is 9.02. The molecule has 0 heterocycles. The fourth-order valence-electron chi connectivity index (χ4n) is 3.89. The summed E-state index contributed by atoms with van der Waals surface area (Å²) in [5, 5.41) is 10.3. The van der Waals surface area contributed by atoms with Crippen LogP contribution in [0.15, 0.2) is 12.2 Å². The molecule has 0 bridgehead atoms. The van der Waals surface area contributed by atoms with Gasteiger partial charge in [-0.1, -0.05) is 57.9 Å². The highest BCUT2D eigenvalue weighted by molar-refractivity contribution is 9.10. The van der Waals surface area contributed by atoms with Crippen LogP contribution >= 0.6 is 43.5 Å². The zero-order valence-corrected chi connectivity index (χ0v) is 15.8. The maximum Gasteiger partial charge on any atom is 0.0707 e. The molecule has 19 heavy (non-hydrogen) atoms. The van der Waals surface area contributed by atoms with Crippen molar-refractivity contribution in [2.75, 3.05) is 0 Å². The fraction of sp³-hybridized carbons (Fsp3) is 0.867. The summed E-state index contributed by atoms with van der Waals surface area (Å²) in [6, 6.07) is 0. The molecule has 1 nitrogen and oxygen atoms in total. The van der Waals surface area contributed by atoms with Crippen LogP contribution < -0.4 is 0 Å². The van der Waals surface area contributed by atoms with E-state index >= 15 is 0 Å². The molecular formula is C15H23Br2ClO. The Morgan fingerprint density at radius 1 is 1.32 bits per heavy atom. The minimum absolute atomic E-state index is 0.00797. The molecule has 0 aromatic heterocycles. The summed E-state index contributed by atoms with van der Waals surface area (Å²) in [5.41, 5.74) is 1.16. The highest BCUT2D eigenvalue weighted by Crippen LogP contribution is 2.64. The topological polar surface area (TPSA) is 20.2 Å². The quantitative estimate of drug-likeness (QED) is 0.435. The van der Waals surface area contributed by atoms with Crippen molar-refractivity contribution in [3.8, 4) is 0 Å².